The maximum absolute atomic E-state index is 12.1. The number of hydrogen-bond acceptors (Lipinski definition) is 3. The van der Waals surface area contributed by atoms with Crippen molar-refractivity contribution in [1.29, 1.82) is 0 Å². The molecule has 0 bridgehead atoms. The second-order valence-corrected chi connectivity index (χ2v) is 4.63. The van der Waals surface area contributed by atoms with Crippen LogP contribution < -0.4 is 0 Å². The highest BCUT2D eigenvalue weighted by molar-refractivity contribution is 8.11. The van der Waals surface area contributed by atoms with Crippen molar-refractivity contribution in [2.24, 2.45) is 0 Å². The van der Waals surface area contributed by atoms with Gasteiger partial charge in [0, 0.05) is 0 Å². The lowest BCUT2D eigenvalue weighted by Crippen LogP contribution is -2.07. The van der Waals surface area contributed by atoms with E-state index in [1.807, 2.05) is 0 Å². The second-order valence-electron chi connectivity index (χ2n) is 1.48. The highest BCUT2D eigenvalue weighted by atomic mass is 32.3. The van der Waals surface area contributed by atoms with E-state index in [-0.39, 0.29) is 5.37 Å². The summed E-state index contributed by atoms with van der Waals surface area (Å²) in [4.78, 5) is 0. The molecule has 0 aromatic rings. The van der Waals surface area contributed by atoms with E-state index < -0.39 is 25.3 Å². The van der Waals surface area contributed by atoms with Gasteiger partial charge in [-0.15, -0.1) is 0 Å². The molecule has 2 atom stereocenters. The third-order valence-corrected chi connectivity index (χ3v) is 3.46. The van der Waals surface area contributed by atoms with Crippen LogP contribution in [0, 0.1) is 0 Å². The Hall–Kier alpha value is -0.150. The Morgan fingerprint density at radius 1 is 1.50 bits per heavy atom. The molecular weight excluding hydrogens is 187 g/mol. The third kappa shape index (κ3) is 1.30. The van der Waals surface area contributed by atoms with Crippen molar-refractivity contribution in [3.8, 4) is 0 Å². The minimum absolute atomic E-state index is 0.0787. The SMILES string of the molecule is O=S1(O)=CC(F)=S(=O)(O)O1. The van der Waals surface area contributed by atoms with Crippen LogP contribution in [0.3, 0.4) is 0 Å². The molecule has 1 heterocycles. The van der Waals surface area contributed by atoms with Crippen molar-refractivity contribution >= 4 is 30.7 Å². The van der Waals surface area contributed by atoms with Crippen LogP contribution in [0.1, 0.15) is 0 Å². The Morgan fingerprint density at radius 2 is 2.00 bits per heavy atom. The highest BCUT2D eigenvalue weighted by Gasteiger charge is 2.26. The fraction of sp³-hybridized carbons (Fsp3) is 0. The molecule has 0 aliphatic carbocycles. The smallest absolute Gasteiger partial charge is 0.252 e. The minimum atomic E-state index is -4.31. The van der Waals surface area contributed by atoms with Crippen LogP contribution in [0.4, 0.5) is 4.39 Å². The average Bonchev–Trinajstić information content (AvgIpc) is 1.73. The minimum Gasteiger partial charge on any atom is -0.292 e. The van der Waals surface area contributed by atoms with Gasteiger partial charge in [0.15, 0.2) is 0 Å². The lowest BCUT2D eigenvalue weighted by molar-refractivity contribution is 0.420. The third-order valence-electron chi connectivity index (χ3n) is 0.678. The van der Waals surface area contributed by atoms with E-state index in [1.54, 1.807) is 0 Å². The van der Waals surface area contributed by atoms with Gasteiger partial charge in [-0.3, -0.25) is 9.11 Å². The van der Waals surface area contributed by atoms with E-state index in [9.17, 15) is 12.8 Å². The second kappa shape index (κ2) is 1.92. The summed E-state index contributed by atoms with van der Waals surface area (Å²) < 4.78 is 52.9. The zero-order valence-electron chi connectivity index (χ0n) is 4.39. The molecule has 0 saturated heterocycles. The van der Waals surface area contributed by atoms with Gasteiger partial charge in [0.2, 0.25) is 15.2 Å². The molecule has 1 aliphatic heterocycles. The molecular formula is C2H3FO5S2. The molecule has 10 heavy (non-hydrogen) atoms. The van der Waals surface area contributed by atoms with Crippen LogP contribution in [-0.2, 0) is 23.8 Å². The lowest BCUT2D eigenvalue weighted by Gasteiger charge is -1.95. The molecule has 0 aromatic heterocycles. The fourth-order valence-corrected chi connectivity index (χ4v) is 2.92. The fourth-order valence-electron chi connectivity index (χ4n) is 0.362. The van der Waals surface area contributed by atoms with Gasteiger partial charge in [0.05, 0.1) is 5.37 Å². The molecule has 60 valence electrons. The quantitative estimate of drug-likeness (QED) is 0.388. The summed E-state index contributed by atoms with van der Waals surface area (Å²) in [6.07, 6.45) is 0. The van der Waals surface area contributed by atoms with E-state index in [0.717, 1.165) is 0 Å². The van der Waals surface area contributed by atoms with Crippen molar-refractivity contribution < 1.29 is 25.5 Å². The predicted octanol–water partition coefficient (Wildman–Crippen LogP) is -0.737. The van der Waals surface area contributed by atoms with E-state index in [0.29, 0.717) is 0 Å². The van der Waals surface area contributed by atoms with Crippen LogP contribution in [-0.4, -0.2) is 28.0 Å². The molecule has 8 heteroatoms. The monoisotopic (exact) mass is 190 g/mol. The Morgan fingerprint density at radius 3 is 2.10 bits per heavy atom. The summed E-state index contributed by atoms with van der Waals surface area (Å²) in [6, 6.07) is 0. The Balaban J connectivity index is 3.34. The van der Waals surface area contributed by atoms with E-state index in [4.69, 9.17) is 9.11 Å². The van der Waals surface area contributed by atoms with Crippen molar-refractivity contribution in [2.45, 2.75) is 0 Å². The molecule has 1 aliphatic rings. The molecule has 0 radical (unpaired) electrons. The molecule has 2 unspecified atom stereocenters. The lowest BCUT2D eigenvalue weighted by atomic mass is 10.9. The van der Waals surface area contributed by atoms with Gasteiger partial charge in [-0.05, 0) is 0 Å². The van der Waals surface area contributed by atoms with Gasteiger partial charge >= 0.3 is 0 Å². The molecule has 2 N–H and O–H groups in total. The average molecular weight is 190 g/mol. The first-order valence-electron chi connectivity index (χ1n) is 1.95. The first-order chi connectivity index (χ1) is 4.33. The normalized spacial score (nSPS) is 47.3. The largest absolute Gasteiger partial charge is 0.292 e. The maximum atomic E-state index is 12.1. The summed E-state index contributed by atoms with van der Waals surface area (Å²) in [5.74, 6) is 0. The maximum Gasteiger partial charge on any atom is 0.252 e. The van der Waals surface area contributed by atoms with Gasteiger partial charge in [-0.2, -0.15) is 8.02 Å². The van der Waals surface area contributed by atoms with Crippen molar-refractivity contribution in [2.75, 3.05) is 0 Å². The zero-order valence-corrected chi connectivity index (χ0v) is 6.02. The molecule has 0 amide bonds. The molecule has 1 rings (SSSR count). The van der Waals surface area contributed by atoms with Crippen LogP contribution in [0.5, 0.6) is 0 Å². The summed E-state index contributed by atoms with van der Waals surface area (Å²) in [5.41, 5.74) is 0. The summed E-state index contributed by atoms with van der Waals surface area (Å²) in [7, 11) is -8.33. The summed E-state index contributed by atoms with van der Waals surface area (Å²) >= 11 is 0. The standard InChI is InChI=1S/C2H3FO5S2/c3-2-1-9(4,5)8-10(2,6)7/h1H,(H,4,5)(H,6,7). The summed E-state index contributed by atoms with van der Waals surface area (Å²) in [5, 5.41) is -1.53. The first kappa shape index (κ1) is 7.95. The number of rotatable bonds is 0. The van der Waals surface area contributed by atoms with Crippen LogP contribution in [0.25, 0.3) is 0 Å². The van der Waals surface area contributed by atoms with Crippen LogP contribution >= 0.6 is 0 Å². The molecule has 0 aromatic carbocycles. The number of halogens is 1. The molecule has 5 nitrogen and oxygen atoms in total. The predicted molar refractivity (Wildman–Crippen MR) is 34.8 cm³/mol. The Kier molecular flexibility index (Phi) is 1.53. The van der Waals surface area contributed by atoms with Crippen molar-refractivity contribution in [3.63, 3.8) is 0 Å². The zero-order chi connectivity index (χ0) is 7.99. The van der Waals surface area contributed by atoms with Crippen LogP contribution in [0.2, 0.25) is 0 Å². The molecule has 0 saturated carbocycles. The van der Waals surface area contributed by atoms with Crippen LogP contribution in [0.15, 0.2) is 0 Å². The molecule has 0 spiro atoms. The Labute approximate surface area is 56.9 Å². The topological polar surface area (TPSA) is 83.8 Å². The van der Waals surface area contributed by atoms with Gasteiger partial charge in [-0.1, -0.05) is 0 Å². The first-order valence-corrected chi connectivity index (χ1v) is 4.89. The van der Waals surface area contributed by atoms with Crippen molar-refractivity contribution in [1.82, 2.24) is 0 Å². The number of hydrogen-bond donors (Lipinski definition) is 2. The summed E-state index contributed by atoms with van der Waals surface area (Å²) in [6.45, 7) is 0. The highest BCUT2D eigenvalue weighted by Crippen LogP contribution is 2.07. The van der Waals surface area contributed by atoms with Crippen molar-refractivity contribution in [3.05, 3.63) is 0 Å². The molecule has 0 fully saturated rings. The van der Waals surface area contributed by atoms with E-state index >= 15 is 0 Å². The Bertz CT molecular complexity index is 378. The van der Waals surface area contributed by atoms with E-state index in [2.05, 4.69) is 3.63 Å². The van der Waals surface area contributed by atoms with E-state index in [1.165, 1.54) is 0 Å². The van der Waals surface area contributed by atoms with Gasteiger partial charge in [0.1, 0.15) is 0 Å². The van der Waals surface area contributed by atoms with Gasteiger partial charge in [0.25, 0.3) is 10.1 Å². The van der Waals surface area contributed by atoms with Gasteiger partial charge < -0.3 is 0 Å². The van der Waals surface area contributed by atoms with Gasteiger partial charge in [-0.25, -0.2) is 8.42 Å².